The Bertz CT molecular complexity index is 522. The molecule has 3 heterocycles. The van der Waals surface area contributed by atoms with Gasteiger partial charge in [0.05, 0.1) is 0 Å². The van der Waals surface area contributed by atoms with Crippen LogP contribution in [0.3, 0.4) is 0 Å². The van der Waals surface area contributed by atoms with Gasteiger partial charge in [0.15, 0.2) is 0 Å². The van der Waals surface area contributed by atoms with E-state index in [4.69, 9.17) is 0 Å². The van der Waals surface area contributed by atoms with Crippen molar-refractivity contribution in [1.82, 2.24) is 9.80 Å². The van der Waals surface area contributed by atoms with Crippen LogP contribution in [0.15, 0.2) is 24.3 Å². The Balaban J connectivity index is 1.70. The minimum absolute atomic E-state index is 0.00251. The molecule has 2 bridgehead atoms. The molecule has 4 atom stereocenters. The topological polar surface area (TPSA) is 35.6 Å². The molecule has 3 fully saturated rings. The van der Waals surface area contributed by atoms with Crippen LogP contribution in [0.25, 0.3) is 0 Å². The van der Waals surface area contributed by atoms with Crippen LogP contribution in [-0.2, 0) is 10.5 Å². The van der Waals surface area contributed by atoms with Crippen LogP contribution < -0.4 is 5.32 Å². The first kappa shape index (κ1) is 14.9. The van der Waals surface area contributed by atoms with E-state index in [2.05, 4.69) is 34.4 Å². The zero-order valence-electron chi connectivity index (χ0n) is 12.7. The largest absolute Gasteiger partial charge is 0.324 e. The highest BCUT2D eigenvalue weighted by molar-refractivity contribution is 7.97. The second kappa shape index (κ2) is 6.38. The molecule has 1 N–H and O–H groups in total. The molecule has 1 aromatic rings. The van der Waals surface area contributed by atoms with Crippen LogP contribution in [0.2, 0.25) is 0 Å². The number of hydrogen-bond donors (Lipinski definition) is 1. The molecule has 0 aromatic heterocycles. The number of thioether (sulfide) groups is 1. The minimum atomic E-state index is -0.00251. The minimum Gasteiger partial charge on any atom is -0.324 e. The van der Waals surface area contributed by atoms with E-state index in [1.165, 1.54) is 5.56 Å². The van der Waals surface area contributed by atoms with Gasteiger partial charge in [-0.3, -0.25) is 14.6 Å². The fourth-order valence-electron chi connectivity index (χ4n) is 3.30. The summed E-state index contributed by atoms with van der Waals surface area (Å²) in [5, 5.41) is 3.14. The van der Waals surface area contributed by atoms with Gasteiger partial charge in [0, 0.05) is 43.7 Å². The number of para-hydroxylation sites is 1. The Morgan fingerprint density at radius 2 is 2.05 bits per heavy atom. The number of anilines is 1. The lowest BCUT2D eigenvalue weighted by atomic mass is 10.0. The van der Waals surface area contributed by atoms with Gasteiger partial charge in [0.25, 0.3) is 0 Å². The average molecular weight is 305 g/mol. The first-order valence-electron chi connectivity index (χ1n) is 7.55. The number of nitrogens with zero attached hydrogens (tertiary/aromatic N) is 2. The number of hydrogen-bond acceptors (Lipinski definition) is 4. The number of benzene rings is 1. The lowest BCUT2D eigenvalue weighted by molar-refractivity contribution is -0.128. The maximum absolute atomic E-state index is 12.6. The van der Waals surface area contributed by atoms with Crippen LogP contribution in [0.1, 0.15) is 12.5 Å². The average Bonchev–Trinajstić information content (AvgIpc) is 2.50. The molecule has 1 aromatic carbocycles. The van der Waals surface area contributed by atoms with Gasteiger partial charge in [-0.1, -0.05) is 18.2 Å². The zero-order chi connectivity index (χ0) is 14.8. The summed E-state index contributed by atoms with van der Waals surface area (Å²) in [6.45, 7) is 6.21. The summed E-state index contributed by atoms with van der Waals surface area (Å²) in [5.41, 5.74) is 2.16. The highest BCUT2D eigenvalue weighted by atomic mass is 32.2. The summed E-state index contributed by atoms with van der Waals surface area (Å²) < 4.78 is 0. The van der Waals surface area contributed by atoms with E-state index >= 15 is 0 Å². The highest BCUT2D eigenvalue weighted by Gasteiger charge is 2.39. The fraction of sp³-hybridized carbons (Fsp3) is 0.562. The second-order valence-corrected chi connectivity index (χ2v) is 6.80. The van der Waals surface area contributed by atoms with Gasteiger partial charge in [0.1, 0.15) is 6.04 Å². The van der Waals surface area contributed by atoms with Gasteiger partial charge in [-0.15, -0.1) is 0 Å². The quantitative estimate of drug-likeness (QED) is 0.921. The molecule has 0 aliphatic carbocycles. The molecule has 0 radical (unpaired) electrons. The van der Waals surface area contributed by atoms with E-state index in [1.54, 1.807) is 11.8 Å². The van der Waals surface area contributed by atoms with Crippen molar-refractivity contribution in [3.8, 4) is 0 Å². The standard InChI is InChI=1S/C16H23N3OS/c1-12-9-19-8-7-18(12)10-15(19)16(20)17-14-6-4-3-5-13(14)11-21-2/h3-6,12,15H,7-11H2,1-2H3,(H,17,20). The Morgan fingerprint density at radius 3 is 2.71 bits per heavy atom. The van der Waals surface area contributed by atoms with Crippen molar-refractivity contribution in [1.29, 1.82) is 0 Å². The number of amides is 1. The van der Waals surface area contributed by atoms with Crippen molar-refractivity contribution < 1.29 is 4.79 Å². The van der Waals surface area contributed by atoms with Crippen molar-refractivity contribution in [3.05, 3.63) is 29.8 Å². The SMILES string of the molecule is CSCc1ccccc1NC(=O)C1CN2CCN1CC2C. The molecular weight excluding hydrogens is 282 g/mol. The molecule has 114 valence electrons. The number of fused-ring (bicyclic) bond motifs is 3. The van der Waals surface area contributed by atoms with E-state index in [0.29, 0.717) is 6.04 Å². The monoisotopic (exact) mass is 305 g/mol. The molecule has 4 nitrogen and oxygen atoms in total. The predicted octanol–water partition coefficient (Wildman–Crippen LogP) is 1.88. The van der Waals surface area contributed by atoms with E-state index in [9.17, 15) is 4.79 Å². The molecule has 0 spiro atoms. The number of piperazine rings is 3. The van der Waals surface area contributed by atoms with Crippen LogP contribution in [0, 0.1) is 0 Å². The van der Waals surface area contributed by atoms with Crippen molar-refractivity contribution >= 4 is 23.4 Å². The summed E-state index contributed by atoms with van der Waals surface area (Å²) in [6, 6.07) is 8.68. The summed E-state index contributed by atoms with van der Waals surface area (Å²) in [4.78, 5) is 17.4. The molecule has 4 unspecified atom stereocenters. The number of carbonyl (C=O) groups is 1. The van der Waals surface area contributed by atoms with Crippen molar-refractivity contribution in [3.63, 3.8) is 0 Å². The molecule has 0 saturated carbocycles. The predicted molar refractivity (Wildman–Crippen MR) is 88.7 cm³/mol. The first-order valence-corrected chi connectivity index (χ1v) is 8.94. The van der Waals surface area contributed by atoms with Crippen LogP contribution >= 0.6 is 11.8 Å². The normalized spacial score (nSPS) is 31.1. The van der Waals surface area contributed by atoms with Crippen LogP contribution in [-0.4, -0.2) is 60.2 Å². The number of rotatable bonds is 4. The Hall–Kier alpha value is -1.04. The molecule has 3 aliphatic rings. The van der Waals surface area contributed by atoms with Crippen molar-refractivity contribution in [2.45, 2.75) is 24.8 Å². The van der Waals surface area contributed by atoms with E-state index in [0.717, 1.165) is 37.6 Å². The number of nitrogens with one attached hydrogen (secondary N) is 1. The molecule has 3 aliphatic heterocycles. The second-order valence-electron chi connectivity index (χ2n) is 5.93. The summed E-state index contributed by atoms with van der Waals surface area (Å²) in [6.07, 6.45) is 2.08. The summed E-state index contributed by atoms with van der Waals surface area (Å²) in [5.74, 6) is 1.06. The molecule has 5 heteroatoms. The lowest BCUT2D eigenvalue weighted by Gasteiger charge is -2.50. The lowest BCUT2D eigenvalue weighted by Crippen LogP contribution is -2.67. The van der Waals surface area contributed by atoms with Crippen LogP contribution in [0.4, 0.5) is 5.69 Å². The van der Waals surface area contributed by atoms with Gasteiger partial charge in [0.2, 0.25) is 5.91 Å². The smallest absolute Gasteiger partial charge is 0.243 e. The molecular formula is C16H23N3OS. The van der Waals surface area contributed by atoms with Gasteiger partial charge in [-0.05, 0) is 24.8 Å². The molecule has 3 saturated heterocycles. The maximum Gasteiger partial charge on any atom is 0.243 e. The van der Waals surface area contributed by atoms with E-state index < -0.39 is 0 Å². The zero-order valence-corrected chi connectivity index (χ0v) is 13.5. The van der Waals surface area contributed by atoms with Gasteiger partial charge in [-0.25, -0.2) is 0 Å². The number of carbonyl (C=O) groups excluding carboxylic acids is 1. The third-order valence-electron chi connectivity index (χ3n) is 4.52. The summed E-state index contributed by atoms with van der Waals surface area (Å²) >= 11 is 1.77. The Morgan fingerprint density at radius 1 is 1.29 bits per heavy atom. The van der Waals surface area contributed by atoms with Crippen molar-refractivity contribution in [2.24, 2.45) is 0 Å². The molecule has 4 rings (SSSR count). The van der Waals surface area contributed by atoms with E-state index in [1.807, 2.05) is 18.2 Å². The Kier molecular flexibility index (Phi) is 4.52. The third-order valence-corrected chi connectivity index (χ3v) is 5.12. The molecule has 21 heavy (non-hydrogen) atoms. The van der Waals surface area contributed by atoms with Gasteiger partial charge >= 0.3 is 0 Å². The van der Waals surface area contributed by atoms with E-state index in [-0.39, 0.29) is 11.9 Å². The highest BCUT2D eigenvalue weighted by Crippen LogP contribution is 2.24. The van der Waals surface area contributed by atoms with Gasteiger partial charge < -0.3 is 5.32 Å². The first-order chi connectivity index (χ1) is 10.2. The molecule has 1 amide bonds. The maximum atomic E-state index is 12.6. The van der Waals surface area contributed by atoms with Crippen LogP contribution in [0.5, 0.6) is 0 Å². The van der Waals surface area contributed by atoms with Gasteiger partial charge in [-0.2, -0.15) is 11.8 Å². The summed E-state index contributed by atoms with van der Waals surface area (Å²) in [7, 11) is 0. The fourth-order valence-corrected chi connectivity index (χ4v) is 3.87. The Labute approximate surface area is 130 Å². The third kappa shape index (κ3) is 3.10. The van der Waals surface area contributed by atoms with Crippen molar-refractivity contribution in [2.75, 3.05) is 37.8 Å².